The molecule has 0 unspecified atom stereocenters. The highest BCUT2D eigenvalue weighted by Crippen LogP contribution is 2.09. The van der Waals surface area contributed by atoms with Crippen LogP contribution in [0.5, 0.6) is 0 Å². The molecule has 0 N–H and O–H groups in total. The van der Waals surface area contributed by atoms with Gasteiger partial charge < -0.3 is 4.74 Å². The lowest BCUT2D eigenvalue weighted by Crippen LogP contribution is -2.25. The number of hydrogen-bond acceptors (Lipinski definition) is 3. The van der Waals surface area contributed by atoms with Crippen LogP contribution < -0.4 is 0 Å². The van der Waals surface area contributed by atoms with Gasteiger partial charge in [0.15, 0.2) is 0 Å². The molecule has 0 atom stereocenters. The molecular formula is C13H16ClNO2. The van der Waals surface area contributed by atoms with Gasteiger partial charge >= 0.3 is 5.97 Å². The van der Waals surface area contributed by atoms with Gasteiger partial charge in [0, 0.05) is 11.2 Å². The Balaban J connectivity index is 2.48. The van der Waals surface area contributed by atoms with Gasteiger partial charge in [0.2, 0.25) is 0 Å². The maximum atomic E-state index is 11.4. The second-order valence-electron chi connectivity index (χ2n) is 4.61. The highest BCUT2D eigenvalue weighted by molar-refractivity contribution is 6.30. The number of carbonyl (C=O) groups excluding carboxylic acids is 1. The van der Waals surface area contributed by atoms with Gasteiger partial charge in [0.1, 0.15) is 12.1 Å². The smallest absolute Gasteiger partial charge is 0.328 e. The van der Waals surface area contributed by atoms with Crippen molar-refractivity contribution in [2.45, 2.75) is 26.4 Å². The Morgan fingerprint density at radius 3 is 2.76 bits per heavy atom. The standard InChI is InChI=1S/C13H16ClNO2/c1-13(2,3)17-12(16)9-15-8-10-5-4-6-11(14)7-10/h4-8H,9H2,1-3H3. The molecule has 17 heavy (non-hydrogen) atoms. The lowest BCUT2D eigenvalue weighted by atomic mass is 10.2. The van der Waals surface area contributed by atoms with Crippen LogP contribution in [0.15, 0.2) is 29.3 Å². The number of benzene rings is 1. The number of halogens is 1. The zero-order valence-electron chi connectivity index (χ0n) is 10.2. The molecule has 0 saturated heterocycles. The molecule has 0 heterocycles. The number of carbonyl (C=O) groups is 1. The first-order chi connectivity index (χ1) is 7.87. The molecule has 1 rings (SSSR count). The van der Waals surface area contributed by atoms with E-state index in [-0.39, 0.29) is 12.5 Å². The Hall–Kier alpha value is -1.35. The van der Waals surface area contributed by atoms with Crippen molar-refractivity contribution in [3.8, 4) is 0 Å². The molecule has 92 valence electrons. The van der Waals surface area contributed by atoms with E-state index >= 15 is 0 Å². The molecule has 0 aromatic heterocycles. The van der Waals surface area contributed by atoms with Crippen LogP contribution >= 0.6 is 11.6 Å². The van der Waals surface area contributed by atoms with Crippen molar-refractivity contribution in [3.05, 3.63) is 34.9 Å². The fourth-order valence-electron chi connectivity index (χ4n) is 1.19. The van der Waals surface area contributed by atoms with E-state index in [9.17, 15) is 4.79 Å². The van der Waals surface area contributed by atoms with Crippen LogP contribution in [-0.2, 0) is 9.53 Å². The summed E-state index contributed by atoms with van der Waals surface area (Å²) in [6, 6.07) is 7.26. The second-order valence-corrected chi connectivity index (χ2v) is 5.05. The average molecular weight is 254 g/mol. The number of hydrogen-bond donors (Lipinski definition) is 0. The van der Waals surface area contributed by atoms with E-state index < -0.39 is 5.60 Å². The van der Waals surface area contributed by atoms with Crippen molar-refractivity contribution in [2.75, 3.05) is 6.54 Å². The van der Waals surface area contributed by atoms with Crippen LogP contribution in [0.4, 0.5) is 0 Å². The summed E-state index contributed by atoms with van der Waals surface area (Å²) in [6.45, 7) is 5.49. The first-order valence-corrected chi connectivity index (χ1v) is 5.72. The van der Waals surface area contributed by atoms with Crippen molar-refractivity contribution in [2.24, 2.45) is 4.99 Å². The third-order valence-corrected chi connectivity index (χ3v) is 1.96. The van der Waals surface area contributed by atoms with E-state index in [1.807, 2.05) is 32.9 Å². The first kappa shape index (κ1) is 13.7. The molecule has 0 bridgehead atoms. The van der Waals surface area contributed by atoms with Crippen LogP contribution in [0.2, 0.25) is 5.02 Å². The Bertz CT molecular complexity index is 422. The predicted molar refractivity (Wildman–Crippen MR) is 69.8 cm³/mol. The topological polar surface area (TPSA) is 38.7 Å². The maximum absolute atomic E-state index is 11.4. The third kappa shape index (κ3) is 6.07. The van der Waals surface area contributed by atoms with Gasteiger partial charge in [-0.05, 0) is 38.5 Å². The fourth-order valence-corrected chi connectivity index (χ4v) is 1.38. The molecule has 0 aliphatic rings. The monoisotopic (exact) mass is 253 g/mol. The summed E-state index contributed by atoms with van der Waals surface area (Å²) in [5.74, 6) is -0.337. The van der Waals surface area contributed by atoms with Gasteiger partial charge in [-0.15, -0.1) is 0 Å². The minimum absolute atomic E-state index is 0.0176. The van der Waals surface area contributed by atoms with E-state index in [0.717, 1.165) is 5.56 Å². The number of esters is 1. The van der Waals surface area contributed by atoms with E-state index in [4.69, 9.17) is 16.3 Å². The van der Waals surface area contributed by atoms with Crippen LogP contribution in [0.25, 0.3) is 0 Å². The minimum Gasteiger partial charge on any atom is -0.459 e. The maximum Gasteiger partial charge on any atom is 0.328 e. The molecule has 0 saturated carbocycles. The van der Waals surface area contributed by atoms with Gasteiger partial charge in [-0.25, -0.2) is 0 Å². The molecule has 0 amide bonds. The zero-order chi connectivity index (χ0) is 12.9. The van der Waals surface area contributed by atoms with Crippen molar-refractivity contribution in [3.63, 3.8) is 0 Å². The summed E-state index contributed by atoms with van der Waals surface area (Å²) in [7, 11) is 0. The molecule has 0 aliphatic carbocycles. The summed E-state index contributed by atoms with van der Waals surface area (Å²) in [6.07, 6.45) is 1.61. The normalized spacial score (nSPS) is 11.8. The molecule has 0 spiro atoms. The summed E-state index contributed by atoms with van der Waals surface area (Å²) in [5.41, 5.74) is 0.393. The Morgan fingerprint density at radius 1 is 1.47 bits per heavy atom. The predicted octanol–water partition coefficient (Wildman–Crippen LogP) is 3.10. The fraction of sp³-hybridized carbons (Fsp3) is 0.385. The summed E-state index contributed by atoms with van der Waals surface area (Å²) < 4.78 is 5.12. The Morgan fingerprint density at radius 2 is 2.18 bits per heavy atom. The molecule has 0 fully saturated rings. The third-order valence-electron chi connectivity index (χ3n) is 1.73. The number of rotatable bonds is 3. The van der Waals surface area contributed by atoms with E-state index in [2.05, 4.69) is 4.99 Å². The van der Waals surface area contributed by atoms with Gasteiger partial charge in [-0.3, -0.25) is 9.79 Å². The molecule has 0 radical (unpaired) electrons. The number of aliphatic imine (C=N–C) groups is 1. The molecule has 1 aromatic carbocycles. The van der Waals surface area contributed by atoms with Gasteiger partial charge in [0.25, 0.3) is 0 Å². The molecule has 3 nitrogen and oxygen atoms in total. The van der Waals surface area contributed by atoms with Crippen molar-refractivity contribution >= 4 is 23.8 Å². The average Bonchev–Trinajstić information content (AvgIpc) is 2.14. The van der Waals surface area contributed by atoms with Gasteiger partial charge in [-0.1, -0.05) is 23.7 Å². The van der Waals surface area contributed by atoms with E-state index in [1.165, 1.54) is 0 Å². The summed E-state index contributed by atoms with van der Waals surface area (Å²) in [4.78, 5) is 15.4. The van der Waals surface area contributed by atoms with Crippen molar-refractivity contribution in [1.82, 2.24) is 0 Å². The van der Waals surface area contributed by atoms with Gasteiger partial charge in [-0.2, -0.15) is 0 Å². The van der Waals surface area contributed by atoms with Crippen LogP contribution in [-0.4, -0.2) is 24.3 Å². The minimum atomic E-state index is -0.470. The van der Waals surface area contributed by atoms with E-state index in [1.54, 1.807) is 18.3 Å². The number of ether oxygens (including phenoxy) is 1. The molecule has 1 aromatic rings. The first-order valence-electron chi connectivity index (χ1n) is 5.34. The number of nitrogens with zero attached hydrogens (tertiary/aromatic N) is 1. The molecular weight excluding hydrogens is 238 g/mol. The van der Waals surface area contributed by atoms with Crippen molar-refractivity contribution in [1.29, 1.82) is 0 Å². The van der Waals surface area contributed by atoms with Crippen molar-refractivity contribution < 1.29 is 9.53 Å². The zero-order valence-corrected chi connectivity index (χ0v) is 11.0. The molecule has 4 heteroatoms. The van der Waals surface area contributed by atoms with Gasteiger partial charge in [0.05, 0.1) is 0 Å². The highest BCUT2D eigenvalue weighted by atomic mass is 35.5. The SMILES string of the molecule is CC(C)(C)OC(=O)CN=Cc1cccc(Cl)c1. The van der Waals surface area contributed by atoms with E-state index in [0.29, 0.717) is 5.02 Å². The quantitative estimate of drug-likeness (QED) is 0.613. The van der Waals surface area contributed by atoms with Crippen LogP contribution in [0.1, 0.15) is 26.3 Å². The second kappa shape index (κ2) is 5.82. The Kier molecular flexibility index (Phi) is 4.70. The van der Waals surface area contributed by atoms with Crippen LogP contribution in [0.3, 0.4) is 0 Å². The Labute approximate surface area is 106 Å². The summed E-state index contributed by atoms with van der Waals surface area (Å²) >= 11 is 5.82. The summed E-state index contributed by atoms with van der Waals surface area (Å²) in [5, 5.41) is 0.645. The lowest BCUT2D eigenvalue weighted by Gasteiger charge is -2.18. The highest BCUT2D eigenvalue weighted by Gasteiger charge is 2.15. The lowest BCUT2D eigenvalue weighted by molar-refractivity contribution is -0.152. The largest absolute Gasteiger partial charge is 0.459 e. The van der Waals surface area contributed by atoms with Crippen LogP contribution in [0, 0.1) is 0 Å². The molecule has 0 aliphatic heterocycles.